The summed E-state index contributed by atoms with van der Waals surface area (Å²) in [7, 11) is 0. The predicted molar refractivity (Wildman–Crippen MR) is 101 cm³/mol. The molecule has 0 aliphatic rings. The van der Waals surface area contributed by atoms with Crippen molar-refractivity contribution in [3.8, 4) is 0 Å². The molecule has 0 aliphatic heterocycles. The first-order valence-electron chi connectivity index (χ1n) is 8.72. The maximum absolute atomic E-state index is 12.3. The Morgan fingerprint density at radius 3 is 1.80 bits per heavy atom. The number of benzene rings is 2. The van der Waals surface area contributed by atoms with Crippen molar-refractivity contribution in [2.75, 3.05) is 6.54 Å². The SMILES string of the molecule is CC[C@H](CCNC(=O)c1ccc(C)cc1)NC(=O)c1ccc(C)cc1. The van der Waals surface area contributed by atoms with Crippen molar-refractivity contribution in [3.05, 3.63) is 70.8 Å². The zero-order valence-corrected chi connectivity index (χ0v) is 15.1. The first-order valence-corrected chi connectivity index (χ1v) is 8.72. The normalized spacial score (nSPS) is 11.6. The maximum Gasteiger partial charge on any atom is 0.251 e. The van der Waals surface area contributed by atoms with E-state index in [9.17, 15) is 9.59 Å². The first kappa shape index (κ1) is 18.7. The second-order valence-corrected chi connectivity index (χ2v) is 6.36. The fourth-order valence-electron chi connectivity index (χ4n) is 2.52. The molecule has 0 bridgehead atoms. The fraction of sp³-hybridized carbons (Fsp3) is 0.333. The topological polar surface area (TPSA) is 58.2 Å². The molecular formula is C21H26N2O2. The Balaban J connectivity index is 1.81. The van der Waals surface area contributed by atoms with Gasteiger partial charge in [0, 0.05) is 23.7 Å². The highest BCUT2D eigenvalue weighted by Gasteiger charge is 2.13. The van der Waals surface area contributed by atoms with Gasteiger partial charge in [-0.1, -0.05) is 42.3 Å². The van der Waals surface area contributed by atoms with Gasteiger partial charge in [-0.2, -0.15) is 0 Å². The molecule has 4 heteroatoms. The summed E-state index contributed by atoms with van der Waals surface area (Å²) in [5.74, 6) is -0.156. The van der Waals surface area contributed by atoms with Crippen molar-refractivity contribution in [1.29, 1.82) is 0 Å². The van der Waals surface area contributed by atoms with Crippen LogP contribution in [0.1, 0.15) is 51.6 Å². The molecule has 0 spiro atoms. The lowest BCUT2D eigenvalue weighted by molar-refractivity contribution is 0.0932. The van der Waals surface area contributed by atoms with Crippen LogP contribution < -0.4 is 10.6 Å². The Labute approximate surface area is 149 Å². The quantitative estimate of drug-likeness (QED) is 0.810. The summed E-state index contributed by atoms with van der Waals surface area (Å²) in [5.41, 5.74) is 3.57. The molecule has 132 valence electrons. The molecular weight excluding hydrogens is 312 g/mol. The number of aryl methyl sites for hydroxylation is 2. The van der Waals surface area contributed by atoms with E-state index in [1.165, 1.54) is 0 Å². The molecule has 1 atom stereocenters. The number of hydrogen-bond donors (Lipinski definition) is 2. The largest absolute Gasteiger partial charge is 0.352 e. The van der Waals surface area contributed by atoms with Gasteiger partial charge < -0.3 is 10.6 Å². The number of nitrogens with one attached hydrogen (secondary N) is 2. The minimum absolute atomic E-state index is 0.0344. The monoisotopic (exact) mass is 338 g/mol. The molecule has 0 fully saturated rings. The highest BCUT2D eigenvalue weighted by molar-refractivity contribution is 5.95. The summed E-state index contributed by atoms with van der Waals surface area (Å²) in [6.07, 6.45) is 1.52. The summed E-state index contributed by atoms with van der Waals surface area (Å²) in [4.78, 5) is 24.4. The van der Waals surface area contributed by atoms with Crippen molar-refractivity contribution < 1.29 is 9.59 Å². The minimum Gasteiger partial charge on any atom is -0.352 e. The van der Waals surface area contributed by atoms with E-state index in [-0.39, 0.29) is 17.9 Å². The maximum atomic E-state index is 12.3. The third-order valence-corrected chi connectivity index (χ3v) is 4.23. The Kier molecular flexibility index (Phi) is 6.75. The highest BCUT2D eigenvalue weighted by atomic mass is 16.2. The van der Waals surface area contributed by atoms with Gasteiger partial charge in [0.25, 0.3) is 11.8 Å². The molecule has 4 nitrogen and oxygen atoms in total. The van der Waals surface area contributed by atoms with Gasteiger partial charge >= 0.3 is 0 Å². The van der Waals surface area contributed by atoms with Crippen molar-refractivity contribution in [2.45, 2.75) is 39.7 Å². The van der Waals surface area contributed by atoms with E-state index in [1.807, 2.05) is 69.3 Å². The Bertz CT molecular complexity index is 706. The predicted octanol–water partition coefficient (Wildman–Crippen LogP) is 3.63. The second-order valence-electron chi connectivity index (χ2n) is 6.36. The van der Waals surface area contributed by atoms with Crippen molar-refractivity contribution in [3.63, 3.8) is 0 Å². The number of carbonyl (C=O) groups excluding carboxylic acids is 2. The summed E-state index contributed by atoms with van der Waals surface area (Å²) < 4.78 is 0. The van der Waals surface area contributed by atoms with Crippen LogP contribution in [0.25, 0.3) is 0 Å². The van der Waals surface area contributed by atoms with Crippen LogP contribution in [0.15, 0.2) is 48.5 Å². The van der Waals surface area contributed by atoms with Gasteiger partial charge in [0.2, 0.25) is 0 Å². The van der Waals surface area contributed by atoms with E-state index >= 15 is 0 Å². The van der Waals surface area contributed by atoms with Crippen LogP contribution >= 0.6 is 0 Å². The molecule has 0 heterocycles. The zero-order valence-electron chi connectivity index (χ0n) is 15.1. The highest BCUT2D eigenvalue weighted by Crippen LogP contribution is 2.06. The smallest absolute Gasteiger partial charge is 0.251 e. The van der Waals surface area contributed by atoms with Crippen LogP contribution in [-0.2, 0) is 0 Å². The number of hydrogen-bond acceptors (Lipinski definition) is 2. The molecule has 2 amide bonds. The molecule has 0 unspecified atom stereocenters. The lowest BCUT2D eigenvalue weighted by atomic mass is 10.1. The first-order chi connectivity index (χ1) is 12.0. The van der Waals surface area contributed by atoms with Gasteiger partial charge in [0.05, 0.1) is 0 Å². The van der Waals surface area contributed by atoms with Crippen LogP contribution in [0.5, 0.6) is 0 Å². The molecule has 0 radical (unpaired) electrons. The summed E-state index contributed by atoms with van der Waals surface area (Å²) in [6.45, 7) is 6.54. The van der Waals surface area contributed by atoms with Gasteiger partial charge in [-0.25, -0.2) is 0 Å². The van der Waals surface area contributed by atoms with Gasteiger partial charge in [0.15, 0.2) is 0 Å². The van der Waals surface area contributed by atoms with E-state index in [0.717, 1.165) is 17.5 Å². The van der Waals surface area contributed by atoms with Gasteiger partial charge in [0.1, 0.15) is 0 Å². The second kappa shape index (κ2) is 9.02. The Morgan fingerprint density at radius 1 is 0.840 bits per heavy atom. The fourth-order valence-corrected chi connectivity index (χ4v) is 2.52. The average molecular weight is 338 g/mol. The lowest BCUT2D eigenvalue weighted by Gasteiger charge is -2.17. The minimum atomic E-state index is -0.0836. The number of rotatable bonds is 7. The lowest BCUT2D eigenvalue weighted by Crippen LogP contribution is -2.37. The average Bonchev–Trinajstić information content (AvgIpc) is 2.61. The number of carbonyl (C=O) groups is 2. The summed E-state index contributed by atoms with van der Waals surface area (Å²) in [5, 5.41) is 5.95. The van der Waals surface area contributed by atoms with Gasteiger partial charge in [-0.3, -0.25) is 9.59 Å². The third-order valence-electron chi connectivity index (χ3n) is 4.23. The van der Waals surface area contributed by atoms with Crippen LogP contribution in [0.4, 0.5) is 0 Å². The molecule has 0 aromatic heterocycles. The van der Waals surface area contributed by atoms with Crippen LogP contribution in [-0.4, -0.2) is 24.4 Å². The van der Waals surface area contributed by atoms with Crippen LogP contribution in [0.2, 0.25) is 0 Å². The Morgan fingerprint density at radius 2 is 1.32 bits per heavy atom. The molecule has 2 aromatic carbocycles. The van der Waals surface area contributed by atoms with E-state index < -0.39 is 0 Å². The van der Waals surface area contributed by atoms with Crippen molar-refractivity contribution in [2.24, 2.45) is 0 Å². The Hall–Kier alpha value is -2.62. The van der Waals surface area contributed by atoms with E-state index in [1.54, 1.807) is 0 Å². The molecule has 2 aromatic rings. The van der Waals surface area contributed by atoms with E-state index in [4.69, 9.17) is 0 Å². The summed E-state index contributed by atoms with van der Waals surface area (Å²) in [6, 6.07) is 15.0. The molecule has 0 saturated carbocycles. The van der Waals surface area contributed by atoms with Crippen molar-refractivity contribution >= 4 is 11.8 Å². The third kappa shape index (κ3) is 5.75. The van der Waals surface area contributed by atoms with Gasteiger partial charge in [-0.15, -0.1) is 0 Å². The molecule has 0 saturated heterocycles. The van der Waals surface area contributed by atoms with Crippen molar-refractivity contribution in [1.82, 2.24) is 10.6 Å². The summed E-state index contributed by atoms with van der Waals surface area (Å²) >= 11 is 0. The zero-order chi connectivity index (χ0) is 18.2. The van der Waals surface area contributed by atoms with Crippen LogP contribution in [0.3, 0.4) is 0 Å². The van der Waals surface area contributed by atoms with E-state index in [0.29, 0.717) is 24.1 Å². The number of amides is 2. The van der Waals surface area contributed by atoms with Crippen LogP contribution in [0, 0.1) is 13.8 Å². The molecule has 2 N–H and O–H groups in total. The molecule has 25 heavy (non-hydrogen) atoms. The molecule has 0 aliphatic carbocycles. The van der Waals surface area contributed by atoms with E-state index in [2.05, 4.69) is 10.6 Å². The van der Waals surface area contributed by atoms with Gasteiger partial charge in [-0.05, 0) is 51.0 Å². The molecule has 2 rings (SSSR count). The standard InChI is InChI=1S/C21H26N2O2/c1-4-19(23-21(25)18-11-7-16(3)8-12-18)13-14-22-20(24)17-9-5-15(2)6-10-17/h5-12,19H,4,13-14H2,1-3H3,(H,22,24)(H,23,25)/t19-/m1/s1.